The minimum absolute atomic E-state index is 0.110. The molecule has 0 spiro atoms. The predicted molar refractivity (Wildman–Crippen MR) is 112 cm³/mol. The fraction of sp³-hybridized carbons (Fsp3) is 0.333. The number of benzene rings is 1. The van der Waals surface area contributed by atoms with Gasteiger partial charge in [-0.15, -0.1) is 0 Å². The van der Waals surface area contributed by atoms with Crippen LogP contribution in [0.15, 0.2) is 30.3 Å². The lowest BCUT2D eigenvalue weighted by Crippen LogP contribution is -2.20. The highest BCUT2D eigenvalue weighted by Crippen LogP contribution is 2.23. The Morgan fingerprint density at radius 3 is 2.43 bits per heavy atom. The van der Waals surface area contributed by atoms with Gasteiger partial charge in [0.2, 0.25) is 0 Å². The molecule has 0 aliphatic carbocycles. The average molecular weight is 376 g/mol. The molecule has 28 heavy (non-hydrogen) atoms. The van der Waals surface area contributed by atoms with Crippen molar-refractivity contribution in [2.75, 3.05) is 37.0 Å². The van der Waals surface area contributed by atoms with Crippen LogP contribution >= 0.6 is 0 Å². The van der Waals surface area contributed by atoms with Crippen LogP contribution in [0.5, 0.6) is 0 Å². The van der Waals surface area contributed by atoms with Crippen LogP contribution in [0.4, 0.5) is 11.6 Å². The third kappa shape index (κ3) is 3.80. The molecule has 0 saturated carbocycles. The number of para-hydroxylation sites is 1. The van der Waals surface area contributed by atoms with Crippen molar-refractivity contribution >= 4 is 34.7 Å². The van der Waals surface area contributed by atoms with Gasteiger partial charge < -0.3 is 14.9 Å². The van der Waals surface area contributed by atoms with Crippen LogP contribution < -0.4 is 9.80 Å². The molecule has 1 N–H and O–H groups in total. The van der Waals surface area contributed by atoms with Gasteiger partial charge in [0, 0.05) is 38.6 Å². The first-order chi connectivity index (χ1) is 13.6. The normalized spacial score (nSPS) is 14.3. The number of rotatable bonds is 5. The molecule has 3 heterocycles. The number of anilines is 2. The van der Waals surface area contributed by atoms with Gasteiger partial charge in [-0.3, -0.25) is 0 Å². The molecule has 0 bridgehead atoms. The predicted octanol–water partition coefficient (Wildman–Crippen LogP) is 2.75. The summed E-state index contributed by atoms with van der Waals surface area (Å²) in [5, 5.41) is 10.6. The molecule has 3 aromatic rings. The Balaban J connectivity index is 1.70. The first-order valence-electron chi connectivity index (χ1n) is 9.50. The second-order valence-corrected chi connectivity index (χ2v) is 7.08. The number of hydrogen-bond acceptors (Lipinski definition) is 7. The van der Waals surface area contributed by atoms with Gasteiger partial charge in [-0.05, 0) is 37.1 Å². The number of aromatic nitrogens is 4. The van der Waals surface area contributed by atoms with Gasteiger partial charge >= 0.3 is 0 Å². The van der Waals surface area contributed by atoms with E-state index in [0.29, 0.717) is 17.3 Å². The number of hydrogen-bond donors (Lipinski definition) is 1. The minimum Gasteiger partial charge on any atom is -0.390 e. The first kappa shape index (κ1) is 18.3. The lowest BCUT2D eigenvalue weighted by atomic mass is 10.2. The highest BCUT2D eigenvalue weighted by atomic mass is 16.3. The summed E-state index contributed by atoms with van der Waals surface area (Å²) in [7, 11) is 3.94. The zero-order chi connectivity index (χ0) is 19.5. The molecule has 0 unspecified atom stereocenters. The van der Waals surface area contributed by atoms with Gasteiger partial charge in [0.25, 0.3) is 0 Å². The van der Waals surface area contributed by atoms with Crippen molar-refractivity contribution in [2.24, 2.45) is 0 Å². The van der Waals surface area contributed by atoms with Crippen molar-refractivity contribution in [1.29, 1.82) is 0 Å². The summed E-state index contributed by atoms with van der Waals surface area (Å²) in [6.07, 6.45) is 5.97. The maximum atomic E-state index is 9.57. The molecule has 0 atom stereocenters. The Hall–Kier alpha value is -3.06. The molecule has 1 aliphatic heterocycles. The molecule has 2 aromatic heterocycles. The van der Waals surface area contributed by atoms with Crippen LogP contribution in [0.2, 0.25) is 0 Å². The van der Waals surface area contributed by atoms with Crippen LogP contribution in [0.3, 0.4) is 0 Å². The van der Waals surface area contributed by atoms with E-state index in [1.54, 1.807) is 0 Å². The molecule has 1 aromatic carbocycles. The van der Waals surface area contributed by atoms with Crippen molar-refractivity contribution in [1.82, 2.24) is 19.9 Å². The summed E-state index contributed by atoms with van der Waals surface area (Å²) in [5.74, 6) is 2.89. The Morgan fingerprint density at radius 2 is 1.71 bits per heavy atom. The third-order valence-corrected chi connectivity index (χ3v) is 4.78. The van der Waals surface area contributed by atoms with E-state index in [-0.39, 0.29) is 6.61 Å². The standard InChI is InChI=1S/C21H24N6O/c1-26(2)21-16-7-3-4-8-17(16)23-19(25-21)10-9-18-22-15(14-28)13-20(24-18)27-11-5-6-12-27/h3-4,7-10,13,28H,5-6,11-12,14H2,1-2H3. The number of aliphatic hydroxyl groups is 1. The van der Waals surface area contributed by atoms with E-state index in [1.165, 1.54) is 12.8 Å². The van der Waals surface area contributed by atoms with Crippen LogP contribution in [-0.4, -0.2) is 52.2 Å². The monoisotopic (exact) mass is 376 g/mol. The first-order valence-corrected chi connectivity index (χ1v) is 9.50. The Labute approximate surface area is 164 Å². The van der Waals surface area contributed by atoms with E-state index in [9.17, 15) is 5.11 Å². The van der Waals surface area contributed by atoms with E-state index in [0.717, 1.165) is 35.6 Å². The Morgan fingerprint density at radius 1 is 1.00 bits per heavy atom. The fourth-order valence-electron chi connectivity index (χ4n) is 3.41. The summed E-state index contributed by atoms with van der Waals surface area (Å²) < 4.78 is 0. The van der Waals surface area contributed by atoms with Crippen molar-refractivity contribution in [2.45, 2.75) is 19.4 Å². The van der Waals surface area contributed by atoms with E-state index < -0.39 is 0 Å². The highest BCUT2D eigenvalue weighted by Gasteiger charge is 2.15. The van der Waals surface area contributed by atoms with Crippen molar-refractivity contribution in [3.63, 3.8) is 0 Å². The Kier molecular flexibility index (Phi) is 5.16. The van der Waals surface area contributed by atoms with Gasteiger partial charge in [0.05, 0.1) is 17.8 Å². The van der Waals surface area contributed by atoms with E-state index in [2.05, 4.69) is 24.8 Å². The minimum atomic E-state index is -0.110. The van der Waals surface area contributed by atoms with Crippen LogP contribution in [-0.2, 0) is 6.61 Å². The molecule has 1 saturated heterocycles. The van der Waals surface area contributed by atoms with Crippen LogP contribution in [0, 0.1) is 0 Å². The molecule has 0 amide bonds. The summed E-state index contributed by atoms with van der Waals surface area (Å²) in [6, 6.07) is 9.82. The molecule has 1 fully saturated rings. The lowest BCUT2D eigenvalue weighted by molar-refractivity contribution is 0.276. The number of nitrogens with zero attached hydrogens (tertiary/aromatic N) is 6. The van der Waals surface area contributed by atoms with Gasteiger partial charge in [0.1, 0.15) is 11.6 Å². The summed E-state index contributed by atoms with van der Waals surface area (Å²) in [6.45, 7) is 1.87. The lowest BCUT2D eigenvalue weighted by Gasteiger charge is -2.17. The van der Waals surface area contributed by atoms with Crippen molar-refractivity contribution < 1.29 is 5.11 Å². The summed E-state index contributed by atoms with van der Waals surface area (Å²) in [4.78, 5) is 22.6. The smallest absolute Gasteiger partial charge is 0.155 e. The van der Waals surface area contributed by atoms with E-state index in [4.69, 9.17) is 0 Å². The number of aliphatic hydroxyl groups excluding tert-OH is 1. The van der Waals surface area contributed by atoms with Gasteiger partial charge in [-0.25, -0.2) is 19.9 Å². The summed E-state index contributed by atoms with van der Waals surface area (Å²) in [5.41, 5.74) is 1.51. The van der Waals surface area contributed by atoms with Gasteiger partial charge in [0.15, 0.2) is 11.6 Å². The molecule has 7 heteroatoms. The maximum absolute atomic E-state index is 9.57. The molecule has 0 radical (unpaired) electrons. The summed E-state index contributed by atoms with van der Waals surface area (Å²) >= 11 is 0. The van der Waals surface area contributed by atoms with Gasteiger partial charge in [-0.1, -0.05) is 12.1 Å². The second kappa shape index (κ2) is 7.90. The zero-order valence-corrected chi connectivity index (χ0v) is 16.2. The molecule has 1 aliphatic rings. The molecular formula is C21H24N6O. The zero-order valence-electron chi connectivity index (χ0n) is 16.2. The second-order valence-electron chi connectivity index (χ2n) is 7.08. The van der Waals surface area contributed by atoms with Crippen molar-refractivity contribution in [3.05, 3.63) is 47.7 Å². The topological polar surface area (TPSA) is 78.3 Å². The SMILES string of the molecule is CN(C)c1nc(C=Cc2nc(CO)cc(N3CCCC3)n2)nc2ccccc12. The van der Waals surface area contributed by atoms with Crippen molar-refractivity contribution in [3.8, 4) is 0 Å². The van der Waals surface area contributed by atoms with Crippen LogP contribution in [0.1, 0.15) is 30.2 Å². The van der Waals surface area contributed by atoms with Gasteiger partial charge in [-0.2, -0.15) is 0 Å². The van der Waals surface area contributed by atoms with Crippen LogP contribution in [0.25, 0.3) is 23.1 Å². The third-order valence-electron chi connectivity index (χ3n) is 4.78. The average Bonchev–Trinajstić information content (AvgIpc) is 3.26. The molecule has 144 valence electrons. The highest BCUT2D eigenvalue weighted by molar-refractivity contribution is 5.90. The Bertz CT molecular complexity index is 1010. The number of fused-ring (bicyclic) bond motifs is 1. The molecular weight excluding hydrogens is 352 g/mol. The largest absolute Gasteiger partial charge is 0.390 e. The van der Waals surface area contributed by atoms with E-state index >= 15 is 0 Å². The molecule has 4 rings (SSSR count). The quantitative estimate of drug-likeness (QED) is 0.733. The molecule has 7 nitrogen and oxygen atoms in total. The van der Waals surface area contributed by atoms with E-state index in [1.807, 2.05) is 61.5 Å². The maximum Gasteiger partial charge on any atom is 0.155 e. The fourth-order valence-corrected chi connectivity index (χ4v) is 3.41.